The number of carbonyl (C=O) groups excluding carboxylic acids is 1. The molecule has 1 saturated carbocycles. The van der Waals surface area contributed by atoms with Crippen LogP contribution >= 0.6 is 0 Å². The minimum atomic E-state index is 0.274. The van der Waals surface area contributed by atoms with Gasteiger partial charge in [-0.2, -0.15) is 5.10 Å². The zero-order chi connectivity index (χ0) is 14.7. The van der Waals surface area contributed by atoms with E-state index in [1.807, 2.05) is 0 Å². The minimum absolute atomic E-state index is 0.274. The average Bonchev–Trinajstić information content (AvgIpc) is 3.04. The lowest BCUT2D eigenvalue weighted by Gasteiger charge is -2.35. The fourth-order valence-electron chi connectivity index (χ4n) is 3.65. The second kappa shape index (κ2) is 6.58. The van der Waals surface area contributed by atoms with Crippen LogP contribution in [0.1, 0.15) is 69.4 Å². The summed E-state index contributed by atoms with van der Waals surface area (Å²) in [4.78, 5) is 19.3. The summed E-state index contributed by atoms with van der Waals surface area (Å²) >= 11 is 0. The largest absolute Gasteiger partial charge is 0.342 e. The number of hydrogen-bond acceptors (Lipinski definition) is 3. The summed E-state index contributed by atoms with van der Waals surface area (Å²) in [6, 6.07) is 0. The maximum atomic E-state index is 12.7. The van der Waals surface area contributed by atoms with Crippen LogP contribution in [0.15, 0.2) is 0 Å². The highest BCUT2D eigenvalue weighted by molar-refractivity contribution is 5.79. The topological polar surface area (TPSA) is 61.9 Å². The number of aryl methyl sites for hydroxylation is 1. The lowest BCUT2D eigenvalue weighted by Crippen LogP contribution is -2.43. The van der Waals surface area contributed by atoms with E-state index in [1.54, 1.807) is 0 Å². The molecule has 1 atom stereocenters. The van der Waals surface area contributed by atoms with Crippen LogP contribution in [0.3, 0.4) is 0 Å². The van der Waals surface area contributed by atoms with Crippen molar-refractivity contribution in [1.29, 1.82) is 0 Å². The van der Waals surface area contributed by atoms with Crippen LogP contribution in [0.25, 0.3) is 0 Å². The molecular weight excluding hydrogens is 264 g/mol. The number of H-pyrrole nitrogens is 1. The molecule has 0 bridgehead atoms. The third-order valence-corrected chi connectivity index (χ3v) is 4.94. The molecule has 2 fully saturated rings. The highest BCUT2D eigenvalue weighted by atomic mass is 16.2. The summed E-state index contributed by atoms with van der Waals surface area (Å²) in [5, 5.41) is 7.34. The van der Waals surface area contributed by atoms with Gasteiger partial charge in [-0.1, -0.05) is 26.2 Å². The van der Waals surface area contributed by atoms with E-state index >= 15 is 0 Å². The molecule has 1 N–H and O–H groups in total. The molecule has 1 amide bonds. The number of hydrogen-bond donors (Lipinski definition) is 1. The van der Waals surface area contributed by atoms with E-state index in [2.05, 4.69) is 27.0 Å². The summed E-state index contributed by atoms with van der Waals surface area (Å²) < 4.78 is 0. The van der Waals surface area contributed by atoms with Crippen molar-refractivity contribution in [1.82, 2.24) is 20.1 Å². The van der Waals surface area contributed by atoms with Gasteiger partial charge in [0.05, 0.1) is 0 Å². The maximum absolute atomic E-state index is 12.7. The van der Waals surface area contributed by atoms with E-state index in [1.165, 1.54) is 19.3 Å². The van der Waals surface area contributed by atoms with Gasteiger partial charge in [0.15, 0.2) is 5.82 Å². The van der Waals surface area contributed by atoms with E-state index < -0.39 is 0 Å². The fraction of sp³-hybridized carbons (Fsp3) is 0.812. The number of piperidine rings is 1. The van der Waals surface area contributed by atoms with Crippen molar-refractivity contribution in [2.24, 2.45) is 5.92 Å². The first-order chi connectivity index (χ1) is 10.3. The molecule has 3 rings (SSSR count). The van der Waals surface area contributed by atoms with E-state index in [9.17, 15) is 4.79 Å². The molecule has 1 aromatic rings. The molecule has 1 saturated heterocycles. The fourth-order valence-corrected chi connectivity index (χ4v) is 3.65. The Morgan fingerprint density at radius 3 is 2.76 bits per heavy atom. The number of nitrogens with one attached hydrogen (secondary N) is 1. The molecule has 1 aliphatic heterocycles. The average molecular weight is 290 g/mol. The van der Waals surface area contributed by atoms with Gasteiger partial charge in [-0.25, -0.2) is 4.98 Å². The molecule has 5 heteroatoms. The van der Waals surface area contributed by atoms with Gasteiger partial charge >= 0.3 is 0 Å². The Morgan fingerprint density at radius 2 is 2.05 bits per heavy atom. The van der Waals surface area contributed by atoms with Gasteiger partial charge in [0, 0.05) is 31.3 Å². The smallest absolute Gasteiger partial charge is 0.225 e. The predicted molar refractivity (Wildman–Crippen MR) is 80.9 cm³/mol. The van der Waals surface area contributed by atoms with Crippen molar-refractivity contribution in [2.75, 3.05) is 13.1 Å². The predicted octanol–water partition coefficient (Wildman–Crippen LogP) is 2.65. The van der Waals surface area contributed by atoms with Crippen LogP contribution in [0.2, 0.25) is 0 Å². The van der Waals surface area contributed by atoms with Crippen molar-refractivity contribution in [3.05, 3.63) is 11.6 Å². The molecule has 0 aromatic carbocycles. The Morgan fingerprint density at radius 1 is 1.24 bits per heavy atom. The summed E-state index contributed by atoms with van der Waals surface area (Å²) in [5.74, 6) is 2.80. The van der Waals surface area contributed by atoms with Crippen molar-refractivity contribution >= 4 is 5.91 Å². The van der Waals surface area contributed by atoms with E-state index in [0.29, 0.717) is 11.8 Å². The summed E-state index contributed by atoms with van der Waals surface area (Å²) in [6.07, 6.45) is 8.94. The van der Waals surface area contributed by atoms with Gasteiger partial charge in [-0.15, -0.1) is 0 Å². The molecule has 2 aliphatic rings. The summed E-state index contributed by atoms with van der Waals surface area (Å²) in [5.41, 5.74) is 0. The highest BCUT2D eigenvalue weighted by Gasteiger charge is 2.31. The molecule has 1 aliphatic carbocycles. The third-order valence-electron chi connectivity index (χ3n) is 4.94. The first kappa shape index (κ1) is 14.5. The molecule has 0 spiro atoms. The first-order valence-electron chi connectivity index (χ1n) is 8.48. The Kier molecular flexibility index (Phi) is 4.56. The lowest BCUT2D eigenvalue weighted by molar-refractivity contribution is -0.137. The minimum Gasteiger partial charge on any atom is -0.342 e. The van der Waals surface area contributed by atoms with Crippen LogP contribution in [0, 0.1) is 5.92 Å². The van der Waals surface area contributed by atoms with Crippen LogP contribution < -0.4 is 0 Å². The van der Waals surface area contributed by atoms with Crippen molar-refractivity contribution in [2.45, 2.75) is 64.2 Å². The monoisotopic (exact) mass is 290 g/mol. The zero-order valence-electron chi connectivity index (χ0n) is 13.0. The van der Waals surface area contributed by atoms with Crippen LogP contribution in [-0.4, -0.2) is 39.1 Å². The van der Waals surface area contributed by atoms with Crippen molar-refractivity contribution in [3.63, 3.8) is 0 Å². The quantitative estimate of drug-likeness (QED) is 0.931. The Bertz CT molecular complexity index is 478. The Labute approximate surface area is 126 Å². The van der Waals surface area contributed by atoms with Gasteiger partial charge in [0.2, 0.25) is 5.91 Å². The maximum Gasteiger partial charge on any atom is 0.225 e. The lowest BCUT2D eigenvalue weighted by atomic mass is 9.87. The second-order valence-electron chi connectivity index (χ2n) is 6.45. The second-order valence-corrected chi connectivity index (χ2v) is 6.45. The number of nitrogens with zero attached hydrogens (tertiary/aromatic N) is 3. The Balaban J connectivity index is 1.63. The SMILES string of the molecule is CCc1nc(C2CCCN(C(=O)C3CCCCC3)C2)n[nH]1. The molecule has 116 valence electrons. The molecule has 1 aromatic heterocycles. The van der Waals surface area contributed by atoms with Crippen molar-refractivity contribution < 1.29 is 4.79 Å². The third kappa shape index (κ3) is 3.27. The number of likely N-dealkylation sites (tertiary alicyclic amines) is 1. The molecule has 1 unspecified atom stereocenters. The van der Waals surface area contributed by atoms with Gasteiger partial charge in [0.25, 0.3) is 0 Å². The standard InChI is InChI=1S/C16H26N4O/c1-2-14-17-15(19-18-14)13-9-6-10-20(11-13)16(21)12-7-4-3-5-8-12/h12-13H,2-11H2,1H3,(H,17,18,19). The van der Waals surface area contributed by atoms with E-state index in [0.717, 1.165) is 56.8 Å². The number of rotatable bonds is 3. The van der Waals surface area contributed by atoms with Gasteiger partial charge < -0.3 is 4.90 Å². The normalized spacial score (nSPS) is 24.2. The molecule has 2 heterocycles. The van der Waals surface area contributed by atoms with Crippen LogP contribution in [0.4, 0.5) is 0 Å². The van der Waals surface area contributed by atoms with Crippen LogP contribution in [0.5, 0.6) is 0 Å². The van der Waals surface area contributed by atoms with Gasteiger partial charge in [0.1, 0.15) is 5.82 Å². The molecule has 21 heavy (non-hydrogen) atoms. The van der Waals surface area contributed by atoms with E-state index in [4.69, 9.17) is 0 Å². The summed E-state index contributed by atoms with van der Waals surface area (Å²) in [6.45, 7) is 3.79. The summed E-state index contributed by atoms with van der Waals surface area (Å²) in [7, 11) is 0. The highest BCUT2D eigenvalue weighted by Crippen LogP contribution is 2.29. The number of amides is 1. The zero-order valence-corrected chi connectivity index (χ0v) is 13.0. The van der Waals surface area contributed by atoms with Gasteiger partial charge in [-0.05, 0) is 25.7 Å². The van der Waals surface area contributed by atoms with Gasteiger partial charge in [-0.3, -0.25) is 9.89 Å². The van der Waals surface area contributed by atoms with Crippen LogP contribution in [-0.2, 0) is 11.2 Å². The number of aromatic nitrogens is 3. The molecule has 5 nitrogen and oxygen atoms in total. The molecule has 0 radical (unpaired) electrons. The number of aromatic amines is 1. The molecular formula is C16H26N4O. The van der Waals surface area contributed by atoms with Crippen molar-refractivity contribution in [3.8, 4) is 0 Å². The Hall–Kier alpha value is -1.39. The van der Waals surface area contributed by atoms with E-state index in [-0.39, 0.29) is 5.92 Å². The number of carbonyl (C=O) groups is 1. The first-order valence-corrected chi connectivity index (χ1v) is 8.48.